The summed E-state index contributed by atoms with van der Waals surface area (Å²) in [6.07, 6.45) is 41.5. The van der Waals surface area contributed by atoms with Crippen LogP contribution in [0.1, 0.15) is 194 Å². The Morgan fingerprint density at radius 2 is 1.09 bits per heavy atom. The van der Waals surface area contributed by atoms with E-state index in [9.17, 15) is 30.3 Å². The summed E-state index contributed by atoms with van der Waals surface area (Å²) in [4.78, 5) is 12.9. The summed E-state index contributed by atoms with van der Waals surface area (Å²) in [7, 11) is 0. The Balaban J connectivity index is 2.14. The molecule has 6 N–H and O–H groups in total. The van der Waals surface area contributed by atoms with E-state index in [1.165, 1.54) is 103 Å². The van der Waals surface area contributed by atoms with Crippen LogP contribution in [0.15, 0.2) is 48.6 Å². The van der Waals surface area contributed by atoms with Gasteiger partial charge in [0.2, 0.25) is 5.91 Å². The third kappa shape index (κ3) is 29.1. The first kappa shape index (κ1) is 53.2. The standard InChI is InChI=1S/C48H87NO8/c1-3-5-7-9-11-12-13-14-15-16-17-18-19-20-21-22-23-24-25-26-27-28-29-30-32-34-36-38-44(52)49-41(42(51)37-35-33-31-10-8-6-4-2)40-56-48-47(55)46(54)45(53)43(39-50)57-48/h5,7,11-12,14-15,17-18,41-43,45-48,50-51,53-55H,3-4,6,8-10,13,16,19-40H2,1-2H3,(H,49,52)/b7-5-,12-11-,15-14-,18-17-. The van der Waals surface area contributed by atoms with Crippen molar-refractivity contribution in [3.63, 3.8) is 0 Å². The molecule has 1 aliphatic heterocycles. The Morgan fingerprint density at radius 3 is 1.61 bits per heavy atom. The molecule has 1 aliphatic rings. The number of ether oxygens (including phenoxy) is 2. The third-order valence-corrected chi connectivity index (χ3v) is 10.9. The highest BCUT2D eigenvalue weighted by atomic mass is 16.7. The zero-order chi connectivity index (χ0) is 41.6. The van der Waals surface area contributed by atoms with Crippen LogP contribution in [0, 0.1) is 0 Å². The van der Waals surface area contributed by atoms with Crippen LogP contribution >= 0.6 is 0 Å². The van der Waals surface area contributed by atoms with Crippen LogP contribution in [0.2, 0.25) is 0 Å². The van der Waals surface area contributed by atoms with Crippen molar-refractivity contribution in [1.29, 1.82) is 0 Å². The van der Waals surface area contributed by atoms with Crippen molar-refractivity contribution in [2.24, 2.45) is 0 Å². The SMILES string of the molecule is CC/C=C\C/C=C\C/C=C\C/C=C\CCCCCCCCCCCCCCCCC(=O)NC(COC1OC(CO)C(O)C(O)C1O)C(O)CCCCCCCCC. The molecular weight excluding hydrogens is 719 g/mol. The molecule has 57 heavy (non-hydrogen) atoms. The molecule has 0 saturated carbocycles. The molecule has 1 saturated heterocycles. The molecule has 1 heterocycles. The number of carbonyl (C=O) groups is 1. The summed E-state index contributed by atoms with van der Waals surface area (Å²) in [6.45, 7) is 3.66. The van der Waals surface area contributed by atoms with E-state index < -0.39 is 49.5 Å². The van der Waals surface area contributed by atoms with Gasteiger partial charge in [-0.15, -0.1) is 0 Å². The highest BCUT2D eigenvalue weighted by molar-refractivity contribution is 5.76. The zero-order valence-corrected chi connectivity index (χ0v) is 36.3. The van der Waals surface area contributed by atoms with E-state index in [0.717, 1.165) is 64.2 Å². The second-order valence-corrected chi connectivity index (χ2v) is 16.2. The molecule has 1 fully saturated rings. The van der Waals surface area contributed by atoms with Gasteiger partial charge in [-0.2, -0.15) is 0 Å². The van der Waals surface area contributed by atoms with E-state index in [-0.39, 0.29) is 12.5 Å². The van der Waals surface area contributed by atoms with Crippen molar-refractivity contribution in [1.82, 2.24) is 5.32 Å². The summed E-state index contributed by atoms with van der Waals surface area (Å²) >= 11 is 0. The number of amides is 1. The van der Waals surface area contributed by atoms with Crippen molar-refractivity contribution >= 4 is 5.91 Å². The summed E-state index contributed by atoms with van der Waals surface area (Å²) in [6, 6.07) is -0.716. The van der Waals surface area contributed by atoms with E-state index in [1.54, 1.807) is 0 Å². The number of hydrogen-bond acceptors (Lipinski definition) is 8. The molecule has 0 aromatic heterocycles. The Bertz CT molecular complexity index is 1030. The number of carbonyl (C=O) groups excluding carboxylic acids is 1. The molecule has 0 aromatic carbocycles. The monoisotopic (exact) mass is 806 g/mol. The average molecular weight is 806 g/mol. The highest BCUT2D eigenvalue weighted by Crippen LogP contribution is 2.23. The fourth-order valence-corrected chi connectivity index (χ4v) is 7.21. The second-order valence-electron chi connectivity index (χ2n) is 16.2. The highest BCUT2D eigenvalue weighted by Gasteiger charge is 2.44. The molecule has 0 radical (unpaired) electrons. The van der Waals surface area contributed by atoms with Gasteiger partial charge in [0.15, 0.2) is 6.29 Å². The second kappa shape index (κ2) is 38.4. The summed E-state index contributed by atoms with van der Waals surface area (Å²) in [5.41, 5.74) is 0. The lowest BCUT2D eigenvalue weighted by molar-refractivity contribution is -0.302. The molecule has 7 unspecified atom stereocenters. The molecule has 0 aromatic rings. The van der Waals surface area contributed by atoms with Gasteiger partial charge in [-0.1, -0.05) is 184 Å². The Kier molecular flexibility index (Phi) is 35.8. The largest absolute Gasteiger partial charge is 0.394 e. The lowest BCUT2D eigenvalue weighted by Gasteiger charge is -2.40. The van der Waals surface area contributed by atoms with E-state index in [4.69, 9.17) is 9.47 Å². The topological polar surface area (TPSA) is 149 Å². The number of allylic oxidation sites excluding steroid dienone is 8. The fraction of sp³-hybridized carbons (Fsp3) is 0.812. The van der Waals surface area contributed by atoms with Crippen molar-refractivity contribution in [2.75, 3.05) is 13.2 Å². The Labute approximate surface area is 348 Å². The van der Waals surface area contributed by atoms with Gasteiger partial charge in [0.25, 0.3) is 0 Å². The lowest BCUT2D eigenvalue weighted by Crippen LogP contribution is -2.60. The number of aliphatic hydroxyl groups excluding tert-OH is 5. The predicted octanol–water partition coefficient (Wildman–Crippen LogP) is 9.84. The van der Waals surface area contributed by atoms with Crippen LogP contribution in [0.25, 0.3) is 0 Å². The van der Waals surface area contributed by atoms with Gasteiger partial charge in [-0.3, -0.25) is 4.79 Å². The summed E-state index contributed by atoms with van der Waals surface area (Å²) in [5, 5.41) is 54.1. The molecule has 9 nitrogen and oxygen atoms in total. The van der Waals surface area contributed by atoms with Gasteiger partial charge in [0.1, 0.15) is 24.4 Å². The molecule has 0 bridgehead atoms. The van der Waals surface area contributed by atoms with E-state index in [1.807, 2.05) is 0 Å². The van der Waals surface area contributed by atoms with Gasteiger partial charge in [0, 0.05) is 6.42 Å². The molecule has 9 heteroatoms. The first-order valence-electron chi connectivity index (χ1n) is 23.3. The minimum absolute atomic E-state index is 0.140. The number of unbranched alkanes of at least 4 members (excludes halogenated alkanes) is 20. The zero-order valence-electron chi connectivity index (χ0n) is 36.3. The van der Waals surface area contributed by atoms with Gasteiger partial charge in [-0.25, -0.2) is 0 Å². The predicted molar refractivity (Wildman–Crippen MR) is 235 cm³/mol. The fourth-order valence-electron chi connectivity index (χ4n) is 7.21. The van der Waals surface area contributed by atoms with Crippen LogP contribution in [0.3, 0.4) is 0 Å². The maximum Gasteiger partial charge on any atom is 0.220 e. The van der Waals surface area contributed by atoms with Crippen LogP contribution in [0.4, 0.5) is 0 Å². The molecule has 0 spiro atoms. The smallest absolute Gasteiger partial charge is 0.220 e. The van der Waals surface area contributed by atoms with Crippen LogP contribution in [-0.2, 0) is 14.3 Å². The van der Waals surface area contributed by atoms with E-state index in [2.05, 4.69) is 67.8 Å². The Morgan fingerprint density at radius 1 is 0.614 bits per heavy atom. The molecule has 0 aliphatic carbocycles. The first-order valence-corrected chi connectivity index (χ1v) is 23.3. The molecule has 332 valence electrons. The van der Waals surface area contributed by atoms with Crippen molar-refractivity contribution in [3.05, 3.63) is 48.6 Å². The molecular formula is C48H87NO8. The number of aliphatic hydroxyl groups is 5. The van der Waals surface area contributed by atoms with Crippen molar-refractivity contribution in [3.8, 4) is 0 Å². The minimum atomic E-state index is -1.55. The quantitative estimate of drug-likeness (QED) is 0.0267. The van der Waals surface area contributed by atoms with Gasteiger partial charge in [-0.05, 0) is 51.4 Å². The van der Waals surface area contributed by atoms with E-state index in [0.29, 0.717) is 12.8 Å². The maximum atomic E-state index is 12.9. The Hall–Kier alpha value is -1.85. The van der Waals surface area contributed by atoms with E-state index >= 15 is 0 Å². The summed E-state index contributed by atoms with van der Waals surface area (Å²) in [5.74, 6) is -0.151. The third-order valence-electron chi connectivity index (χ3n) is 10.9. The molecule has 1 amide bonds. The minimum Gasteiger partial charge on any atom is -0.394 e. The normalized spacial score (nSPS) is 21.4. The number of hydrogen-bond donors (Lipinski definition) is 6. The maximum absolute atomic E-state index is 12.9. The van der Waals surface area contributed by atoms with Gasteiger partial charge >= 0.3 is 0 Å². The molecule has 7 atom stereocenters. The summed E-state index contributed by atoms with van der Waals surface area (Å²) < 4.78 is 11.2. The van der Waals surface area contributed by atoms with Crippen molar-refractivity contribution in [2.45, 2.75) is 236 Å². The number of rotatable bonds is 38. The van der Waals surface area contributed by atoms with Crippen LogP contribution in [-0.4, -0.2) is 87.5 Å². The average Bonchev–Trinajstić information content (AvgIpc) is 3.21. The first-order chi connectivity index (χ1) is 27.8. The van der Waals surface area contributed by atoms with Crippen LogP contribution < -0.4 is 5.32 Å². The van der Waals surface area contributed by atoms with Crippen LogP contribution in [0.5, 0.6) is 0 Å². The lowest BCUT2D eigenvalue weighted by atomic mass is 9.99. The van der Waals surface area contributed by atoms with Crippen molar-refractivity contribution < 1.29 is 39.8 Å². The van der Waals surface area contributed by atoms with Gasteiger partial charge in [0.05, 0.1) is 25.4 Å². The van der Waals surface area contributed by atoms with Gasteiger partial charge < -0.3 is 40.3 Å². The number of nitrogens with one attached hydrogen (secondary N) is 1. The molecule has 1 rings (SSSR count).